The second kappa shape index (κ2) is 4.99. The van der Waals surface area contributed by atoms with E-state index < -0.39 is 0 Å². The van der Waals surface area contributed by atoms with E-state index in [1.54, 1.807) is 18.1 Å². The summed E-state index contributed by atoms with van der Waals surface area (Å²) in [6, 6.07) is 8.07. The van der Waals surface area contributed by atoms with Crippen molar-refractivity contribution in [1.29, 1.82) is 0 Å². The van der Waals surface area contributed by atoms with Crippen molar-refractivity contribution in [2.75, 3.05) is 0 Å². The molecule has 3 N–H and O–H groups in total. The first-order valence-electron chi connectivity index (χ1n) is 5.92. The SMILES string of the molecule is C[C@@H](N)c1ccccc1Sc1ncnc2nc[nH]c12. The standard InChI is InChI=1S/C13H13N5S/c1-8(14)9-4-2-3-5-10(9)19-13-11-12(16-6-15-11)17-7-18-13/h2-8H,14H2,1H3,(H,15,16,17,18)/t8-/m1/s1. The summed E-state index contributed by atoms with van der Waals surface area (Å²) < 4.78 is 0. The van der Waals surface area contributed by atoms with Gasteiger partial charge in [-0.15, -0.1) is 0 Å². The fourth-order valence-corrected chi connectivity index (χ4v) is 2.95. The third-order valence-corrected chi connectivity index (χ3v) is 3.90. The lowest BCUT2D eigenvalue weighted by Gasteiger charge is -2.11. The summed E-state index contributed by atoms with van der Waals surface area (Å²) in [6.45, 7) is 1.98. The van der Waals surface area contributed by atoms with Crippen molar-refractivity contribution in [3.8, 4) is 0 Å². The molecule has 0 radical (unpaired) electrons. The van der Waals surface area contributed by atoms with Crippen LogP contribution in [0.5, 0.6) is 0 Å². The molecule has 0 aliphatic carbocycles. The molecule has 3 rings (SSSR count). The normalized spacial score (nSPS) is 12.7. The van der Waals surface area contributed by atoms with Gasteiger partial charge in [-0.3, -0.25) is 0 Å². The van der Waals surface area contributed by atoms with Gasteiger partial charge in [0.2, 0.25) is 0 Å². The van der Waals surface area contributed by atoms with Crippen LogP contribution in [0.25, 0.3) is 11.2 Å². The van der Waals surface area contributed by atoms with Gasteiger partial charge in [0.05, 0.1) is 6.33 Å². The molecular formula is C13H13N5S. The highest BCUT2D eigenvalue weighted by Crippen LogP contribution is 2.33. The van der Waals surface area contributed by atoms with Crippen LogP contribution in [0.4, 0.5) is 0 Å². The Balaban J connectivity index is 2.04. The number of aromatic amines is 1. The van der Waals surface area contributed by atoms with Crippen molar-refractivity contribution in [2.24, 2.45) is 5.73 Å². The summed E-state index contributed by atoms with van der Waals surface area (Å²) in [5, 5.41) is 0.857. The Morgan fingerprint density at radius 3 is 2.89 bits per heavy atom. The summed E-state index contributed by atoms with van der Waals surface area (Å²) in [6.07, 6.45) is 3.15. The van der Waals surface area contributed by atoms with Crippen molar-refractivity contribution >= 4 is 22.9 Å². The summed E-state index contributed by atoms with van der Waals surface area (Å²) in [4.78, 5) is 16.7. The summed E-state index contributed by atoms with van der Waals surface area (Å²) >= 11 is 1.57. The fraction of sp³-hybridized carbons (Fsp3) is 0.154. The number of aromatic nitrogens is 4. The molecule has 6 heteroatoms. The van der Waals surface area contributed by atoms with Gasteiger partial charge in [-0.1, -0.05) is 30.0 Å². The van der Waals surface area contributed by atoms with Gasteiger partial charge in [0.1, 0.15) is 16.9 Å². The fourth-order valence-electron chi connectivity index (χ4n) is 1.87. The Hall–Kier alpha value is -1.92. The lowest BCUT2D eigenvalue weighted by Crippen LogP contribution is -2.06. The quantitative estimate of drug-likeness (QED) is 0.715. The van der Waals surface area contributed by atoms with Crippen LogP contribution in [0.2, 0.25) is 0 Å². The van der Waals surface area contributed by atoms with E-state index >= 15 is 0 Å². The number of benzene rings is 1. The van der Waals surface area contributed by atoms with Crippen molar-refractivity contribution in [3.05, 3.63) is 42.5 Å². The van der Waals surface area contributed by atoms with Crippen molar-refractivity contribution in [2.45, 2.75) is 22.9 Å². The van der Waals surface area contributed by atoms with E-state index in [1.165, 1.54) is 6.33 Å². The van der Waals surface area contributed by atoms with Gasteiger partial charge in [-0.05, 0) is 18.6 Å². The van der Waals surface area contributed by atoms with Crippen molar-refractivity contribution < 1.29 is 0 Å². The maximum absolute atomic E-state index is 5.99. The molecule has 0 spiro atoms. The number of nitrogens with zero attached hydrogens (tertiary/aromatic N) is 3. The predicted octanol–water partition coefficient (Wildman–Crippen LogP) is 2.52. The average molecular weight is 271 g/mol. The third kappa shape index (κ3) is 2.32. The minimum absolute atomic E-state index is 0.0113. The zero-order valence-corrected chi connectivity index (χ0v) is 11.2. The van der Waals surface area contributed by atoms with Crippen LogP contribution >= 0.6 is 11.8 Å². The van der Waals surface area contributed by atoms with Crippen LogP contribution in [-0.4, -0.2) is 19.9 Å². The molecule has 0 saturated heterocycles. The highest BCUT2D eigenvalue weighted by atomic mass is 32.2. The number of hydrogen-bond acceptors (Lipinski definition) is 5. The number of nitrogens with two attached hydrogens (primary N) is 1. The molecule has 0 amide bonds. The van der Waals surface area contributed by atoms with Crippen molar-refractivity contribution in [1.82, 2.24) is 19.9 Å². The molecular weight excluding hydrogens is 258 g/mol. The zero-order chi connectivity index (χ0) is 13.2. The topological polar surface area (TPSA) is 80.5 Å². The van der Waals surface area contributed by atoms with Crippen LogP contribution in [0, 0.1) is 0 Å². The summed E-state index contributed by atoms with van der Waals surface area (Å²) in [5.41, 5.74) is 8.63. The molecule has 0 bridgehead atoms. The molecule has 0 unspecified atom stereocenters. The molecule has 96 valence electrons. The Morgan fingerprint density at radius 2 is 2.05 bits per heavy atom. The molecule has 0 fully saturated rings. The molecule has 2 aromatic heterocycles. The Morgan fingerprint density at radius 1 is 1.21 bits per heavy atom. The van der Waals surface area contributed by atoms with Crippen LogP contribution in [0.15, 0.2) is 46.8 Å². The largest absolute Gasteiger partial charge is 0.341 e. The molecule has 0 aliphatic rings. The van der Waals surface area contributed by atoms with Crippen LogP contribution in [0.1, 0.15) is 18.5 Å². The summed E-state index contributed by atoms with van der Waals surface area (Å²) in [7, 11) is 0. The number of H-pyrrole nitrogens is 1. The number of nitrogens with one attached hydrogen (secondary N) is 1. The molecule has 0 saturated carbocycles. The first-order chi connectivity index (χ1) is 9.25. The first-order valence-corrected chi connectivity index (χ1v) is 6.74. The van der Waals surface area contributed by atoms with Crippen LogP contribution < -0.4 is 5.73 Å². The first kappa shape index (κ1) is 12.1. The molecule has 1 atom stereocenters. The van der Waals surface area contributed by atoms with Crippen LogP contribution in [0.3, 0.4) is 0 Å². The van der Waals surface area contributed by atoms with E-state index in [0.29, 0.717) is 5.65 Å². The van der Waals surface area contributed by atoms with E-state index in [-0.39, 0.29) is 6.04 Å². The Labute approximate surface area is 114 Å². The molecule has 1 aromatic carbocycles. The zero-order valence-electron chi connectivity index (χ0n) is 10.4. The Kier molecular flexibility index (Phi) is 3.18. The number of rotatable bonds is 3. The molecule has 19 heavy (non-hydrogen) atoms. The minimum atomic E-state index is -0.0113. The van der Waals surface area contributed by atoms with Gasteiger partial charge in [-0.25, -0.2) is 15.0 Å². The maximum atomic E-state index is 5.99. The molecule has 3 aromatic rings. The van der Waals surface area contributed by atoms with E-state index in [1.807, 2.05) is 31.2 Å². The van der Waals surface area contributed by atoms with E-state index in [0.717, 1.165) is 21.0 Å². The van der Waals surface area contributed by atoms with Gasteiger partial charge in [-0.2, -0.15) is 0 Å². The predicted molar refractivity (Wildman–Crippen MR) is 74.9 cm³/mol. The smallest absolute Gasteiger partial charge is 0.181 e. The highest BCUT2D eigenvalue weighted by Gasteiger charge is 2.11. The summed E-state index contributed by atoms with van der Waals surface area (Å²) in [5.74, 6) is 0. The van der Waals surface area contributed by atoms with Gasteiger partial charge >= 0.3 is 0 Å². The number of imidazole rings is 1. The molecule has 5 nitrogen and oxygen atoms in total. The van der Waals surface area contributed by atoms with E-state index in [4.69, 9.17) is 5.73 Å². The monoisotopic (exact) mass is 271 g/mol. The third-order valence-electron chi connectivity index (χ3n) is 2.80. The van der Waals surface area contributed by atoms with Gasteiger partial charge in [0.25, 0.3) is 0 Å². The van der Waals surface area contributed by atoms with E-state index in [9.17, 15) is 0 Å². The van der Waals surface area contributed by atoms with Crippen molar-refractivity contribution in [3.63, 3.8) is 0 Å². The average Bonchev–Trinajstić information content (AvgIpc) is 2.88. The minimum Gasteiger partial charge on any atom is -0.341 e. The lowest BCUT2D eigenvalue weighted by atomic mass is 10.1. The van der Waals surface area contributed by atoms with Crippen LogP contribution in [-0.2, 0) is 0 Å². The van der Waals surface area contributed by atoms with Gasteiger partial charge < -0.3 is 10.7 Å². The Bertz CT molecular complexity index is 707. The maximum Gasteiger partial charge on any atom is 0.181 e. The second-order valence-corrected chi connectivity index (χ2v) is 5.24. The number of fused-ring (bicyclic) bond motifs is 1. The second-order valence-electron chi connectivity index (χ2n) is 4.21. The van der Waals surface area contributed by atoms with Gasteiger partial charge in [0.15, 0.2) is 5.65 Å². The molecule has 0 aliphatic heterocycles. The van der Waals surface area contributed by atoms with E-state index in [2.05, 4.69) is 19.9 Å². The lowest BCUT2D eigenvalue weighted by molar-refractivity contribution is 0.797. The van der Waals surface area contributed by atoms with Gasteiger partial charge in [0, 0.05) is 10.9 Å². The molecule has 2 heterocycles. The highest BCUT2D eigenvalue weighted by molar-refractivity contribution is 7.99. The number of hydrogen-bond donors (Lipinski definition) is 2.